The summed E-state index contributed by atoms with van der Waals surface area (Å²) in [7, 11) is 0. The first kappa shape index (κ1) is 11.4. The fourth-order valence-corrected chi connectivity index (χ4v) is 1.37. The monoisotopic (exact) mass is 275 g/mol. The Balaban J connectivity index is 3.15. The lowest BCUT2D eigenvalue weighted by atomic mass is 10.2. The molecule has 1 rings (SSSR count). The molecular weight excluding hydrogens is 273 g/mol. The van der Waals surface area contributed by atoms with Gasteiger partial charge in [-0.2, -0.15) is 13.2 Å². The van der Waals surface area contributed by atoms with Gasteiger partial charge in [-0.1, -0.05) is 0 Å². The summed E-state index contributed by atoms with van der Waals surface area (Å²) in [5.74, 6) is 0. The molecule has 0 atom stereocenters. The third-order valence-corrected chi connectivity index (χ3v) is 1.99. The molecule has 0 unspecified atom stereocenters. The van der Waals surface area contributed by atoms with Crippen LogP contribution < -0.4 is 0 Å². The topological polar surface area (TPSA) is 12.9 Å². The Hall–Kier alpha value is -0.720. The Kier molecular flexibility index (Phi) is 3.08. The Labute approximate surface area is 84.1 Å². The molecular formula is C7H3BrF5N. The van der Waals surface area contributed by atoms with Crippen LogP contribution >= 0.6 is 15.9 Å². The summed E-state index contributed by atoms with van der Waals surface area (Å²) in [6.45, 7) is 0. The quantitative estimate of drug-likeness (QED) is 0.711. The number of alkyl halides is 5. The average Bonchev–Trinajstić information content (AvgIpc) is 2.01. The van der Waals surface area contributed by atoms with Gasteiger partial charge >= 0.3 is 6.18 Å². The summed E-state index contributed by atoms with van der Waals surface area (Å²) in [5, 5.41) is 0. The number of rotatable bonds is 1. The third kappa shape index (κ3) is 2.40. The molecule has 0 aliphatic carbocycles. The maximum atomic E-state index is 12.1. The molecule has 0 saturated heterocycles. The molecule has 0 bridgehead atoms. The van der Waals surface area contributed by atoms with Crippen LogP contribution in [0.3, 0.4) is 0 Å². The molecule has 78 valence electrons. The van der Waals surface area contributed by atoms with Crippen LogP contribution in [0.5, 0.6) is 0 Å². The summed E-state index contributed by atoms with van der Waals surface area (Å²) in [5.41, 5.74) is -1.76. The summed E-state index contributed by atoms with van der Waals surface area (Å²) in [4.78, 5) is 2.92. The van der Waals surface area contributed by atoms with Gasteiger partial charge in [-0.25, -0.2) is 8.78 Å². The number of hydrogen-bond acceptors (Lipinski definition) is 1. The Morgan fingerprint density at radius 2 is 1.86 bits per heavy atom. The highest BCUT2D eigenvalue weighted by Gasteiger charge is 2.35. The lowest BCUT2D eigenvalue weighted by Crippen LogP contribution is -2.09. The van der Waals surface area contributed by atoms with E-state index in [-0.39, 0.29) is 0 Å². The van der Waals surface area contributed by atoms with Crippen LogP contribution in [0.1, 0.15) is 17.7 Å². The minimum Gasteiger partial charge on any atom is -0.250 e. The first-order valence-corrected chi connectivity index (χ1v) is 4.12. The molecule has 0 radical (unpaired) electrons. The fraction of sp³-hybridized carbons (Fsp3) is 0.286. The van der Waals surface area contributed by atoms with Gasteiger partial charge in [0.25, 0.3) is 6.43 Å². The molecule has 0 aliphatic heterocycles. The van der Waals surface area contributed by atoms with E-state index in [9.17, 15) is 22.0 Å². The molecule has 0 N–H and O–H groups in total. The van der Waals surface area contributed by atoms with Gasteiger partial charge < -0.3 is 0 Å². The lowest BCUT2D eigenvalue weighted by molar-refractivity contribution is -0.141. The van der Waals surface area contributed by atoms with Crippen molar-refractivity contribution in [3.05, 3.63) is 28.0 Å². The van der Waals surface area contributed by atoms with Crippen LogP contribution in [0.15, 0.2) is 16.7 Å². The van der Waals surface area contributed by atoms with Crippen molar-refractivity contribution in [2.45, 2.75) is 12.6 Å². The predicted octanol–water partition coefficient (Wildman–Crippen LogP) is 3.80. The number of hydrogen-bond donors (Lipinski definition) is 0. The van der Waals surface area contributed by atoms with Crippen LogP contribution in [-0.4, -0.2) is 4.98 Å². The minimum absolute atomic E-state index is 0.484. The van der Waals surface area contributed by atoms with Crippen molar-refractivity contribution in [3.8, 4) is 0 Å². The van der Waals surface area contributed by atoms with Crippen molar-refractivity contribution in [3.63, 3.8) is 0 Å². The number of aromatic nitrogens is 1. The summed E-state index contributed by atoms with van der Waals surface area (Å²) in [6, 6.07) is 0.709. The van der Waals surface area contributed by atoms with Gasteiger partial charge in [0.2, 0.25) is 0 Å². The van der Waals surface area contributed by atoms with Crippen molar-refractivity contribution in [1.82, 2.24) is 4.98 Å². The zero-order chi connectivity index (χ0) is 10.9. The Morgan fingerprint density at radius 1 is 1.29 bits per heavy atom. The van der Waals surface area contributed by atoms with E-state index in [1.165, 1.54) is 0 Å². The maximum Gasteiger partial charge on any atom is 0.434 e. The highest BCUT2D eigenvalue weighted by molar-refractivity contribution is 9.10. The normalized spacial score (nSPS) is 12.2. The first-order chi connectivity index (χ1) is 6.32. The molecule has 0 aliphatic rings. The molecule has 1 heterocycles. The number of halogens is 6. The molecule has 0 fully saturated rings. The highest BCUT2D eigenvalue weighted by Crippen LogP contribution is 2.34. The van der Waals surface area contributed by atoms with Gasteiger partial charge in [0.05, 0.1) is 0 Å². The Morgan fingerprint density at radius 3 is 2.21 bits per heavy atom. The van der Waals surface area contributed by atoms with Crippen LogP contribution in [0.2, 0.25) is 0 Å². The first-order valence-electron chi connectivity index (χ1n) is 3.33. The molecule has 1 aromatic rings. The van der Waals surface area contributed by atoms with E-state index in [0.29, 0.717) is 12.3 Å². The molecule has 1 nitrogen and oxygen atoms in total. The summed E-state index contributed by atoms with van der Waals surface area (Å²) in [6.07, 6.45) is -6.96. The Bertz CT molecular complexity index is 335. The van der Waals surface area contributed by atoms with Crippen molar-refractivity contribution in [1.29, 1.82) is 0 Å². The summed E-state index contributed by atoms with van der Waals surface area (Å²) < 4.78 is 59.9. The molecule has 7 heteroatoms. The predicted molar refractivity (Wildman–Crippen MR) is 41.9 cm³/mol. The minimum atomic E-state index is -4.64. The van der Waals surface area contributed by atoms with E-state index in [1.54, 1.807) is 0 Å². The average molecular weight is 276 g/mol. The van der Waals surface area contributed by atoms with Crippen LogP contribution in [0, 0.1) is 0 Å². The van der Waals surface area contributed by atoms with E-state index in [4.69, 9.17) is 0 Å². The van der Waals surface area contributed by atoms with Crippen molar-refractivity contribution < 1.29 is 22.0 Å². The molecule has 0 saturated carbocycles. The second kappa shape index (κ2) is 3.80. The van der Waals surface area contributed by atoms with E-state index >= 15 is 0 Å². The van der Waals surface area contributed by atoms with Gasteiger partial charge in [0.1, 0.15) is 0 Å². The van der Waals surface area contributed by atoms with Gasteiger partial charge in [-0.05, 0) is 22.0 Å². The highest BCUT2D eigenvalue weighted by atomic mass is 79.9. The van der Waals surface area contributed by atoms with E-state index in [0.717, 1.165) is 0 Å². The number of nitrogens with zero attached hydrogens (tertiary/aromatic N) is 1. The second-order valence-corrected chi connectivity index (χ2v) is 3.25. The van der Waals surface area contributed by atoms with Gasteiger partial charge in [-0.3, -0.25) is 4.98 Å². The van der Waals surface area contributed by atoms with Crippen molar-refractivity contribution in [2.24, 2.45) is 0 Å². The largest absolute Gasteiger partial charge is 0.434 e. The van der Waals surface area contributed by atoms with Crippen molar-refractivity contribution >= 4 is 15.9 Å². The number of pyridine rings is 1. The molecule has 0 aromatic carbocycles. The third-order valence-electron chi connectivity index (χ3n) is 1.38. The van der Waals surface area contributed by atoms with Gasteiger partial charge in [-0.15, -0.1) is 0 Å². The molecule has 0 spiro atoms. The van der Waals surface area contributed by atoms with Crippen LogP contribution in [-0.2, 0) is 6.18 Å². The molecule has 14 heavy (non-hydrogen) atoms. The van der Waals surface area contributed by atoms with Crippen LogP contribution in [0.4, 0.5) is 22.0 Å². The zero-order valence-corrected chi connectivity index (χ0v) is 8.03. The lowest BCUT2D eigenvalue weighted by Gasteiger charge is -2.08. The molecule has 1 aromatic heterocycles. The second-order valence-electron chi connectivity index (χ2n) is 2.40. The van der Waals surface area contributed by atoms with E-state index in [1.807, 2.05) is 0 Å². The smallest absolute Gasteiger partial charge is 0.250 e. The van der Waals surface area contributed by atoms with E-state index in [2.05, 4.69) is 20.9 Å². The zero-order valence-electron chi connectivity index (χ0n) is 6.45. The van der Waals surface area contributed by atoms with E-state index < -0.39 is 28.3 Å². The summed E-state index contributed by atoms with van der Waals surface area (Å²) >= 11 is 2.54. The SMILES string of the molecule is FC(F)c1cnc(C(F)(F)F)c(Br)c1. The van der Waals surface area contributed by atoms with Gasteiger partial charge in [0, 0.05) is 16.2 Å². The van der Waals surface area contributed by atoms with Gasteiger partial charge in [0.15, 0.2) is 5.69 Å². The van der Waals surface area contributed by atoms with Crippen LogP contribution in [0.25, 0.3) is 0 Å². The maximum absolute atomic E-state index is 12.1. The van der Waals surface area contributed by atoms with Crippen molar-refractivity contribution in [2.75, 3.05) is 0 Å². The standard InChI is InChI=1S/C7H3BrF5N/c8-4-1-3(6(9)10)2-14-5(4)7(11,12)13/h1-2,6H. The fourth-order valence-electron chi connectivity index (χ4n) is 0.781. The molecule has 0 amide bonds.